The van der Waals surface area contributed by atoms with Crippen molar-refractivity contribution >= 4 is 0 Å². The van der Waals surface area contributed by atoms with E-state index in [1.807, 2.05) is 0 Å². The molecule has 1 aliphatic carbocycles. The van der Waals surface area contributed by atoms with Gasteiger partial charge in [0.25, 0.3) is 0 Å². The van der Waals surface area contributed by atoms with Crippen LogP contribution in [0.1, 0.15) is 59.8 Å². The molecule has 2 heteroatoms. The van der Waals surface area contributed by atoms with Crippen LogP contribution < -0.4 is 5.32 Å². The van der Waals surface area contributed by atoms with E-state index in [-0.39, 0.29) is 0 Å². The van der Waals surface area contributed by atoms with Crippen molar-refractivity contribution < 1.29 is 0 Å². The molecule has 0 amide bonds. The summed E-state index contributed by atoms with van der Waals surface area (Å²) in [6.07, 6.45) is 6.77. The highest BCUT2D eigenvalue weighted by Crippen LogP contribution is 2.37. The molecule has 18 heavy (non-hydrogen) atoms. The number of hydrogen-bond acceptors (Lipinski definition) is 2. The van der Waals surface area contributed by atoms with Crippen molar-refractivity contribution in [3.05, 3.63) is 0 Å². The van der Waals surface area contributed by atoms with Crippen LogP contribution in [0.25, 0.3) is 0 Å². The van der Waals surface area contributed by atoms with E-state index in [0.717, 1.165) is 12.6 Å². The number of rotatable bonds is 6. The number of hydrogen-bond donors (Lipinski definition) is 1. The van der Waals surface area contributed by atoms with Crippen molar-refractivity contribution in [2.45, 2.75) is 65.8 Å². The monoisotopic (exact) mass is 254 g/mol. The van der Waals surface area contributed by atoms with Crippen molar-refractivity contribution in [2.75, 3.05) is 27.2 Å². The van der Waals surface area contributed by atoms with E-state index in [1.165, 1.54) is 38.6 Å². The summed E-state index contributed by atoms with van der Waals surface area (Å²) < 4.78 is 0. The maximum absolute atomic E-state index is 3.35. The van der Waals surface area contributed by atoms with Crippen molar-refractivity contribution in [3.8, 4) is 0 Å². The summed E-state index contributed by atoms with van der Waals surface area (Å²) in [4.78, 5) is 2.62. The minimum absolute atomic E-state index is 0.413. The predicted molar refractivity (Wildman–Crippen MR) is 81.0 cm³/mol. The summed E-state index contributed by atoms with van der Waals surface area (Å²) in [5.41, 5.74) is 0.993. The molecular weight excluding hydrogens is 220 g/mol. The normalized spacial score (nSPS) is 24.2. The number of nitrogens with one attached hydrogen (secondary N) is 1. The molecule has 1 N–H and O–H groups in total. The summed E-state index contributed by atoms with van der Waals surface area (Å²) in [6, 6.07) is 0.806. The summed E-state index contributed by atoms with van der Waals surface area (Å²) in [7, 11) is 4.39. The van der Waals surface area contributed by atoms with Gasteiger partial charge in [0.1, 0.15) is 0 Å². The molecule has 108 valence electrons. The van der Waals surface area contributed by atoms with E-state index >= 15 is 0 Å². The molecule has 0 spiro atoms. The second kappa shape index (κ2) is 6.38. The van der Waals surface area contributed by atoms with Crippen LogP contribution in [-0.4, -0.2) is 38.1 Å². The van der Waals surface area contributed by atoms with Gasteiger partial charge in [-0.2, -0.15) is 0 Å². The Bertz CT molecular complexity index is 239. The van der Waals surface area contributed by atoms with Gasteiger partial charge in [-0.1, -0.05) is 27.7 Å². The van der Waals surface area contributed by atoms with Crippen molar-refractivity contribution in [1.82, 2.24) is 10.2 Å². The Morgan fingerprint density at radius 1 is 1.28 bits per heavy atom. The molecule has 1 unspecified atom stereocenters. The zero-order valence-corrected chi connectivity index (χ0v) is 13.5. The molecule has 1 fully saturated rings. The van der Waals surface area contributed by atoms with Gasteiger partial charge in [-0.25, -0.2) is 0 Å². The van der Waals surface area contributed by atoms with E-state index in [2.05, 4.69) is 52.0 Å². The molecule has 0 radical (unpaired) electrons. The van der Waals surface area contributed by atoms with Crippen LogP contribution in [0.3, 0.4) is 0 Å². The Labute approximate surface area is 115 Å². The molecule has 0 aromatic heterocycles. The van der Waals surface area contributed by atoms with Crippen LogP contribution in [0.5, 0.6) is 0 Å². The molecule has 0 heterocycles. The first kappa shape index (κ1) is 16.0. The minimum Gasteiger partial charge on any atom is -0.319 e. The maximum Gasteiger partial charge on any atom is 0.00928 e. The topological polar surface area (TPSA) is 15.3 Å². The summed E-state index contributed by atoms with van der Waals surface area (Å²) in [5, 5.41) is 3.35. The fourth-order valence-corrected chi connectivity index (χ4v) is 3.28. The average molecular weight is 254 g/mol. The van der Waals surface area contributed by atoms with Gasteiger partial charge in [0.05, 0.1) is 0 Å². The van der Waals surface area contributed by atoms with Gasteiger partial charge in [-0.05, 0) is 57.0 Å². The van der Waals surface area contributed by atoms with E-state index in [9.17, 15) is 0 Å². The molecule has 1 aliphatic rings. The van der Waals surface area contributed by atoms with Crippen LogP contribution >= 0.6 is 0 Å². The first-order chi connectivity index (χ1) is 8.32. The van der Waals surface area contributed by atoms with Crippen molar-refractivity contribution in [1.29, 1.82) is 0 Å². The lowest BCUT2D eigenvalue weighted by Gasteiger charge is -2.42. The average Bonchev–Trinajstić information content (AvgIpc) is 2.29. The SMILES string of the molecule is CCC(C)(CNC)CN(C)C1CCC(C)(C)CC1. The fourth-order valence-electron chi connectivity index (χ4n) is 3.28. The molecule has 1 rings (SSSR count). The van der Waals surface area contributed by atoms with Gasteiger partial charge >= 0.3 is 0 Å². The lowest BCUT2D eigenvalue weighted by Crippen LogP contribution is -2.45. The van der Waals surface area contributed by atoms with Crippen LogP contribution in [0.4, 0.5) is 0 Å². The van der Waals surface area contributed by atoms with E-state index < -0.39 is 0 Å². The molecule has 0 bridgehead atoms. The molecule has 1 saturated carbocycles. The van der Waals surface area contributed by atoms with E-state index in [4.69, 9.17) is 0 Å². The Balaban J connectivity index is 2.47. The molecule has 0 aromatic rings. The molecule has 1 atom stereocenters. The summed E-state index contributed by atoms with van der Waals surface area (Å²) in [6.45, 7) is 11.9. The zero-order chi connectivity index (χ0) is 13.8. The highest BCUT2D eigenvalue weighted by atomic mass is 15.1. The third-order valence-corrected chi connectivity index (χ3v) is 5.02. The molecule has 0 saturated heterocycles. The second-order valence-corrected chi connectivity index (χ2v) is 7.51. The highest BCUT2D eigenvalue weighted by molar-refractivity contribution is 4.86. The quantitative estimate of drug-likeness (QED) is 0.780. The predicted octanol–water partition coefficient (Wildman–Crippen LogP) is 3.52. The third-order valence-electron chi connectivity index (χ3n) is 5.02. The largest absolute Gasteiger partial charge is 0.319 e. The smallest absolute Gasteiger partial charge is 0.00928 e. The van der Waals surface area contributed by atoms with Crippen LogP contribution in [-0.2, 0) is 0 Å². The second-order valence-electron chi connectivity index (χ2n) is 7.51. The number of nitrogens with zero attached hydrogens (tertiary/aromatic N) is 1. The Morgan fingerprint density at radius 3 is 2.28 bits per heavy atom. The van der Waals surface area contributed by atoms with Gasteiger partial charge < -0.3 is 10.2 Å². The van der Waals surface area contributed by atoms with Crippen LogP contribution in [0, 0.1) is 10.8 Å². The lowest BCUT2D eigenvalue weighted by molar-refractivity contribution is 0.0879. The van der Waals surface area contributed by atoms with Crippen molar-refractivity contribution in [2.24, 2.45) is 10.8 Å². The van der Waals surface area contributed by atoms with Gasteiger partial charge in [0.15, 0.2) is 0 Å². The molecule has 2 nitrogen and oxygen atoms in total. The minimum atomic E-state index is 0.413. The lowest BCUT2D eigenvalue weighted by atomic mass is 9.75. The van der Waals surface area contributed by atoms with Gasteiger partial charge in [0, 0.05) is 19.1 Å². The first-order valence-electron chi connectivity index (χ1n) is 7.67. The summed E-state index contributed by atoms with van der Waals surface area (Å²) in [5.74, 6) is 0. The molecule has 0 aliphatic heterocycles. The first-order valence-corrected chi connectivity index (χ1v) is 7.67. The Morgan fingerprint density at radius 2 is 1.83 bits per heavy atom. The van der Waals surface area contributed by atoms with E-state index in [1.54, 1.807) is 0 Å². The standard InChI is InChI=1S/C16H34N2/c1-7-16(4,12-17-5)13-18(6)14-8-10-15(2,3)11-9-14/h14,17H,7-13H2,1-6H3. The van der Waals surface area contributed by atoms with E-state index in [0.29, 0.717) is 10.8 Å². The van der Waals surface area contributed by atoms with Gasteiger partial charge in [0.2, 0.25) is 0 Å². The summed E-state index contributed by atoms with van der Waals surface area (Å²) >= 11 is 0. The molecular formula is C16H34N2. The van der Waals surface area contributed by atoms with Crippen LogP contribution in [0.2, 0.25) is 0 Å². The van der Waals surface area contributed by atoms with Crippen LogP contribution in [0.15, 0.2) is 0 Å². The Kier molecular flexibility index (Phi) is 5.67. The third kappa shape index (κ3) is 4.55. The maximum atomic E-state index is 3.35. The molecule has 0 aromatic carbocycles. The van der Waals surface area contributed by atoms with Gasteiger partial charge in [-0.3, -0.25) is 0 Å². The zero-order valence-electron chi connectivity index (χ0n) is 13.5. The Hall–Kier alpha value is -0.0800. The van der Waals surface area contributed by atoms with Crippen molar-refractivity contribution in [3.63, 3.8) is 0 Å². The highest BCUT2D eigenvalue weighted by Gasteiger charge is 2.31. The fraction of sp³-hybridized carbons (Fsp3) is 1.00. The van der Waals surface area contributed by atoms with Gasteiger partial charge in [-0.15, -0.1) is 0 Å².